The van der Waals surface area contributed by atoms with E-state index in [0.717, 1.165) is 50.8 Å². The highest BCUT2D eigenvalue weighted by molar-refractivity contribution is 5.91. The Bertz CT molecular complexity index is 929. The molecule has 1 N–H and O–H groups in total. The molecule has 0 aromatic heterocycles. The number of carbonyl (C=O) groups is 2. The largest absolute Gasteiger partial charge is 0.436 e. The third kappa shape index (κ3) is 4.54. The van der Waals surface area contributed by atoms with Crippen LogP contribution in [0.2, 0.25) is 0 Å². The number of fused-ring (bicyclic) bond motifs is 5. The molecule has 0 spiro atoms. The summed E-state index contributed by atoms with van der Waals surface area (Å²) in [6.07, 6.45) is 12.1. The number of allylic oxidation sites excluding steroid dienone is 1. The maximum Gasteiger partial charge on any atom is 0.436 e. The predicted octanol–water partition coefficient (Wildman–Crippen LogP) is 5.67. The molecule has 0 aromatic carbocycles. The molecule has 7 heteroatoms. The molecule has 6 nitrogen and oxygen atoms in total. The average Bonchev–Trinajstić information content (AvgIpc) is 3.49. The van der Waals surface area contributed by atoms with Gasteiger partial charge in [-0.25, -0.2) is 9.18 Å². The summed E-state index contributed by atoms with van der Waals surface area (Å²) in [6.45, 7) is 7.73. The molecule has 0 bridgehead atoms. The van der Waals surface area contributed by atoms with E-state index < -0.39 is 12.8 Å². The number of halogens is 1. The van der Waals surface area contributed by atoms with E-state index in [1.807, 2.05) is 13.0 Å². The first-order valence-corrected chi connectivity index (χ1v) is 14.3. The molecule has 1 unspecified atom stereocenters. The standard InChI is InChI=1S/C29H44FN3O3/c1-19(32-36-27(35)33(16-14-30)18-21-5-4-15-31-21)24-8-9-25-23-7-6-20-17-22(34)10-12-28(20,2)26(23)11-13-29(24,25)3/h17,21,23-26,31H,4-16,18H2,1-3H3/b32-19+/t21?,23-,24+,25-,26-,28-,29+/m0/s1. The smallest absolute Gasteiger partial charge is 0.312 e. The predicted molar refractivity (Wildman–Crippen MR) is 138 cm³/mol. The summed E-state index contributed by atoms with van der Waals surface area (Å²) in [5.74, 6) is 2.62. The van der Waals surface area contributed by atoms with Crippen molar-refractivity contribution < 1.29 is 18.8 Å². The van der Waals surface area contributed by atoms with Crippen LogP contribution in [0.25, 0.3) is 0 Å². The van der Waals surface area contributed by atoms with Gasteiger partial charge < -0.3 is 10.2 Å². The Kier molecular flexibility index (Phi) is 7.32. The quantitative estimate of drug-likeness (QED) is 0.289. The zero-order valence-electron chi connectivity index (χ0n) is 22.4. The number of ketones is 1. The van der Waals surface area contributed by atoms with Gasteiger partial charge in [0.15, 0.2) is 5.78 Å². The van der Waals surface area contributed by atoms with Crippen LogP contribution in [0.15, 0.2) is 16.8 Å². The van der Waals surface area contributed by atoms with Crippen molar-refractivity contribution in [2.75, 3.05) is 26.3 Å². The van der Waals surface area contributed by atoms with Crippen LogP contribution in [-0.2, 0) is 9.63 Å². The number of oxime groups is 1. The normalized spacial score (nSPS) is 40.2. The first-order chi connectivity index (χ1) is 17.3. The number of hydrogen-bond donors (Lipinski definition) is 1. The molecule has 1 heterocycles. The zero-order chi connectivity index (χ0) is 25.5. The number of carbonyl (C=O) groups excluding carboxylic acids is 2. The number of nitrogens with one attached hydrogen (secondary N) is 1. The van der Waals surface area contributed by atoms with E-state index in [0.29, 0.717) is 42.4 Å². The number of amides is 1. The summed E-state index contributed by atoms with van der Waals surface area (Å²) in [6, 6.07) is 0.203. The lowest BCUT2D eigenvalue weighted by Crippen LogP contribution is -2.51. The molecule has 5 aliphatic rings. The van der Waals surface area contributed by atoms with Gasteiger partial charge in [0.2, 0.25) is 0 Å². The highest BCUT2D eigenvalue weighted by atomic mass is 19.1. The third-order valence-corrected chi connectivity index (χ3v) is 10.9. The van der Waals surface area contributed by atoms with Gasteiger partial charge in [-0.05, 0) is 106 Å². The van der Waals surface area contributed by atoms with E-state index in [9.17, 15) is 14.0 Å². The summed E-state index contributed by atoms with van der Waals surface area (Å²) >= 11 is 0. The second-order valence-electron chi connectivity index (χ2n) is 12.7. The van der Waals surface area contributed by atoms with Crippen LogP contribution >= 0.6 is 0 Å². The highest BCUT2D eigenvalue weighted by Crippen LogP contribution is 2.66. The lowest BCUT2D eigenvalue weighted by atomic mass is 9.46. The first kappa shape index (κ1) is 25.9. The lowest BCUT2D eigenvalue weighted by Gasteiger charge is -2.58. The molecule has 200 valence electrons. The fourth-order valence-corrected chi connectivity index (χ4v) is 9.02. The maximum atomic E-state index is 13.1. The molecule has 5 rings (SSSR count). The fourth-order valence-electron chi connectivity index (χ4n) is 9.02. The van der Waals surface area contributed by atoms with Crippen LogP contribution in [0.3, 0.4) is 0 Å². The third-order valence-electron chi connectivity index (χ3n) is 10.9. The Balaban J connectivity index is 1.26. The SMILES string of the molecule is C/C(=N\OC(=O)N(CCF)CC1CCCN1)[C@H]1CC[C@H]2[C@@H]3CCC4=CC(=O)CC[C@]4(C)[C@H]3CC[C@]12C. The summed E-state index contributed by atoms with van der Waals surface area (Å²) in [4.78, 5) is 31.7. The molecule has 1 saturated heterocycles. The Morgan fingerprint density at radius 1 is 1.17 bits per heavy atom. The maximum absolute atomic E-state index is 13.1. The Morgan fingerprint density at radius 2 is 2.00 bits per heavy atom. The molecule has 0 radical (unpaired) electrons. The van der Waals surface area contributed by atoms with Gasteiger partial charge in [-0.3, -0.25) is 9.63 Å². The van der Waals surface area contributed by atoms with E-state index in [-0.39, 0.29) is 23.4 Å². The van der Waals surface area contributed by atoms with Crippen LogP contribution in [0.5, 0.6) is 0 Å². The van der Waals surface area contributed by atoms with Crippen molar-refractivity contribution in [3.8, 4) is 0 Å². The number of nitrogens with zero attached hydrogens (tertiary/aromatic N) is 2. The van der Waals surface area contributed by atoms with Gasteiger partial charge in [0, 0.05) is 24.9 Å². The van der Waals surface area contributed by atoms with Gasteiger partial charge in [-0.1, -0.05) is 24.6 Å². The van der Waals surface area contributed by atoms with Crippen molar-refractivity contribution in [2.45, 2.75) is 91.0 Å². The molecule has 4 aliphatic carbocycles. The van der Waals surface area contributed by atoms with Gasteiger partial charge in [-0.15, -0.1) is 0 Å². The van der Waals surface area contributed by atoms with Crippen molar-refractivity contribution in [3.63, 3.8) is 0 Å². The lowest BCUT2D eigenvalue weighted by molar-refractivity contribution is -0.117. The van der Waals surface area contributed by atoms with Crippen molar-refractivity contribution in [2.24, 2.45) is 39.7 Å². The second-order valence-corrected chi connectivity index (χ2v) is 12.7. The second kappa shape index (κ2) is 10.2. The van der Waals surface area contributed by atoms with Crippen LogP contribution < -0.4 is 5.32 Å². The summed E-state index contributed by atoms with van der Waals surface area (Å²) in [5, 5.41) is 7.71. The minimum Gasteiger partial charge on any atom is -0.312 e. The van der Waals surface area contributed by atoms with Gasteiger partial charge >= 0.3 is 6.09 Å². The van der Waals surface area contributed by atoms with Gasteiger partial charge in [-0.2, -0.15) is 0 Å². The number of rotatable bonds is 6. The summed E-state index contributed by atoms with van der Waals surface area (Å²) in [5.41, 5.74) is 2.66. The fraction of sp³-hybridized carbons (Fsp3) is 0.828. The molecule has 7 atom stereocenters. The van der Waals surface area contributed by atoms with E-state index in [2.05, 4.69) is 24.3 Å². The molecule has 4 fully saturated rings. The number of alkyl halides is 1. The zero-order valence-corrected chi connectivity index (χ0v) is 22.4. The van der Waals surface area contributed by atoms with E-state index in [1.54, 1.807) is 0 Å². The van der Waals surface area contributed by atoms with Crippen LogP contribution in [0, 0.1) is 34.5 Å². The van der Waals surface area contributed by atoms with E-state index >= 15 is 0 Å². The Hall–Kier alpha value is -1.76. The molecular weight excluding hydrogens is 457 g/mol. The Morgan fingerprint density at radius 3 is 2.75 bits per heavy atom. The number of hydrogen-bond acceptors (Lipinski definition) is 5. The average molecular weight is 502 g/mol. The first-order valence-electron chi connectivity index (χ1n) is 14.3. The summed E-state index contributed by atoms with van der Waals surface area (Å²) in [7, 11) is 0. The van der Waals surface area contributed by atoms with Crippen LogP contribution in [0.4, 0.5) is 9.18 Å². The van der Waals surface area contributed by atoms with Crippen LogP contribution in [0.1, 0.15) is 85.0 Å². The van der Waals surface area contributed by atoms with Gasteiger partial charge in [0.05, 0.1) is 12.3 Å². The minimum absolute atomic E-state index is 0.0403. The van der Waals surface area contributed by atoms with Crippen molar-refractivity contribution >= 4 is 17.6 Å². The minimum atomic E-state index is -0.584. The van der Waals surface area contributed by atoms with E-state index in [1.165, 1.54) is 29.7 Å². The molecule has 1 aliphatic heterocycles. The van der Waals surface area contributed by atoms with Gasteiger partial charge in [0.25, 0.3) is 0 Å². The van der Waals surface area contributed by atoms with Crippen molar-refractivity contribution in [1.82, 2.24) is 10.2 Å². The monoisotopic (exact) mass is 501 g/mol. The highest BCUT2D eigenvalue weighted by Gasteiger charge is 2.59. The molecule has 36 heavy (non-hydrogen) atoms. The molecule has 1 amide bonds. The molecule has 3 saturated carbocycles. The molecular formula is C29H44FN3O3. The van der Waals surface area contributed by atoms with Crippen LogP contribution in [-0.4, -0.2) is 54.8 Å². The van der Waals surface area contributed by atoms with E-state index in [4.69, 9.17) is 4.84 Å². The van der Waals surface area contributed by atoms with Crippen molar-refractivity contribution in [3.05, 3.63) is 11.6 Å². The summed E-state index contributed by atoms with van der Waals surface area (Å²) < 4.78 is 13.1. The molecule has 0 aromatic rings. The topological polar surface area (TPSA) is 71.0 Å². The van der Waals surface area contributed by atoms with Crippen molar-refractivity contribution in [1.29, 1.82) is 0 Å². The Labute approximate surface area is 215 Å². The van der Waals surface area contributed by atoms with Gasteiger partial charge in [0.1, 0.15) is 6.67 Å².